The summed E-state index contributed by atoms with van der Waals surface area (Å²) in [6.45, 7) is 3.71. The monoisotopic (exact) mass is 335 g/mol. The van der Waals surface area contributed by atoms with Crippen LogP contribution in [0.4, 0.5) is 0 Å². The molecule has 1 aliphatic rings. The molecule has 0 aromatic heterocycles. The molecule has 110 valence electrons. The highest BCUT2D eigenvalue weighted by molar-refractivity contribution is 6.68. The first-order valence-electron chi connectivity index (χ1n) is 6.67. The summed E-state index contributed by atoms with van der Waals surface area (Å²) in [5, 5.41) is 2.88. The fourth-order valence-electron chi connectivity index (χ4n) is 2.57. The number of aryl methyl sites for hydroxylation is 1. The second kappa shape index (κ2) is 6.52. The van der Waals surface area contributed by atoms with Gasteiger partial charge in [-0.3, -0.25) is 10.1 Å². The van der Waals surface area contributed by atoms with E-state index in [1.165, 1.54) is 0 Å². The maximum absolute atomic E-state index is 12.4. The molecule has 3 nitrogen and oxygen atoms in total. The van der Waals surface area contributed by atoms with Crippen LogP contribution in [0.15, 0.2) is 24.3 Å². The van der Waals surface area contributed by atoms with Crippen LogP contribution in [0, 0.1) is 6.92 Å². The van der Waals surface area contributed by atoms with Gasteiger partial charge in [-0.25, -0.2) is 0 Å². The molecule has 0 radical (unpaired) electrons. The molecule has 1 fully saturated rings. The van der Waals surface area contributed by atoms with E-state index in [0.29, 0.717) is 5.56 Å². The summed E-state index contributed by atoms with van der Waals surface area (Å²) in [6.07, 6.45) is 1.65. The highest BCUT2D eigenvalue weighted by Crippen LogP contribution is 2.28. The number of rotatable bonds is 3. The van der Waals surface area contributed by atoms with Gasteiger partial charge in [0.2, 0.25) is 6.17 Å². The molecule has 1 saturated heterocycles. The number of hydrogen-bond donors (Lipinski definition) is 2. The van der Waals surface area contributed by atoms with Crippen molar-refractivity contribution in [2.24, 2.45) is 0 Å². The zero-order valence-corrected chi connectivity index (χ0v) is 13.5. The molecule has 0 unspecified atom stereocenters. The molecule has 6 heteroatoms. The van der Waals surface area contributed by atoms with Crippen LogP contribution < -0.4 is 10.2 Å². The quantitative estimate of drug-likeness (QED) is 0.814. The first-order chi connectivity index (χ1) is 9.39. The van der Waals surface area contributed by atoms with Gasteiger partial charge in [0.25, 0.3) is 9.70 Å². The largest absolute Gasteiger partial charge is 0.312 e. The fraction of sp³-hybridized carbons (Fsp3) is 0.500. The van der Waals surface area contributed by atoms with Crippen LogP contribution in [0.25, 0.3) is 0 Å². The van der Waals surface area contributed by atoms with Gasteiger partial charge in [-0.1, -0.05) is 53.0 Å². The second-order valence-electron chi connectivity index (χ2n) is 5.13. The van der Waals surface area contributed by atoms with Gasteiger partial charge in [0.15, 0.2) is 0 Å². The zero-order valence-electron chi connectivity index (χ0n) is 11.3. The van der Waals surface area contributed by atoms with Crippen LogP contribution in [0.3, 0.4) is 0 Å². The predicted octanol–water partition coefficient (Wildman–Crippen LogP) is 2.10. The third-order valence-corrected chi connectivity index (χ3v) is 4.30. The van der Waals surface area contributed by atoms with Crippen molar-refractivity contribution >= 4 is 40.7 Å². The highest BCUT2D eigenvalue weighted by atomic mass is 35.6. The Morgan fingerprint density at radius 1 is 1.25 bits per heavy atom. The number of amides is 1. The standard InChI is InChI=1S/C14H17Cl3N2O/c1-10-6-2-3-7-11(10)12(20)18-13(14(15,16)17)19-8-4-5-9-19/h2-3,6-7,13H,4-5,8-9H2,1H3,(H,18,20)/p+1/t13-/m1/s1. The van der Waals surface area contributed by atoms with Gasteiger partial charge in [0.1, 0.15) is 0 Å². The fourth-order valence-corrected chi connectivity index (χ4v) is 3.20. The van der Waals surface area contributed by atoms with Crippen LogP contribution >= 0.6 is 34.8 Å². The molecule has 20 heavy (non-hydrogen) atoms. The number of likely N-dealkylation sites (tertiary alicyclic amines) is 1. The Balaban J connectivity index is 2.16. The summed E-state index contributed by atoms with van der Waals surface area (Å²) in [7, 11) is 0. The van der Waals surface area contributed by atoms with Gasteiger partial charge >= 0.3 is 0 Å². The summed E-state index contributed by atoms with van der Waals surface area (Å²) in [6, 6.07) is 7.39. The van der Waals surface area contributed by atoms with Crippen LogP contribution in [0.2, 0.25) is 0 Å². The Labute approximate surface area is 134 Å². The SMILES string of the molecule is Cc1ccccc1C(=O)N[C@H]([NH+]1CCCC1)C(Cl)(Cl)Cl. The first-order valence-corrected chi connectivity index (χ1v) is 7.81. The van der Waals surface area contributed by atoms with Crippen molar-refractivity contribution in [2.75, 3.05) is 13.1 Å². The summed E-state index contributed by atoms with van der Waals surface area (Å²) in [4.78, 5) is 13.5. The van der Waals surface area contributed by atoms with Gasteiger partial charge in [-0.05, 0) is 18.6 Å². The van der Waals surface area contributed by atoms with Crippen LogP contribution in [-0.4, -0.2) is 29.0 Å². The summed E-state index contributed by atoms with van der Waals surface area (Å²) in [5.74, 6) is -0.196. The molecule has 1 aromatic rings. The number of carbonyl (C=O) groups excluding carboxylic acids is 1. The number of hydrogen-bond acceptors (Lipinski definition) is 1. The average molecular weight is 337 g/mol. The molecular formula is C14H18Cl3N2O+. The molecule has 1 atom stereocenters. The van der Waals surface area contributed by atoms with Gasteiger partial charge in [-0.2, -0.15) is 0 Å². The Morgan fingerprint density at radius 2 is 1.85 bits per heavy atom. The molecule has 2 N–H and O–H groups in total. The Kier molecular flexibility index (Phi) is 5.19. The van der Waals surface area contributed by atoms with Crippen LogP contribution in [0.5, 0.6) is 0 Å². The van der Waals surface area contributed by atoms with Crippen molar-refractivity contribution in [1.82, 2.24) is 5.32 Å². The number of quaternary nitrogens is 1. The smallest absolute Gasteiger partial charge is 0.262 e. The zero-order chi connectivity index (χ0) is 14.8. The minimum atomic E-state index is -1.52. The van der Waals surface area contributed by atoms with Gasteiger partial charge in [0.05, 0.1) is 13.1 Å². The van der Waals surface area contributed by atoms with Gasteiger partial charge < -0.3 is 4.90 Å². The second-order valence-corrected chi connectivity index (χ2v) is 7.50. The maximum Gasteiger partial charge on any atom is 0.262 e. The molecule has 2 rings (SSSR count). The first kappa shape index (κ1) is 15.9. The molecule has 0 saturated carbocycles. The molecule has 1 amide bonds. The number of alkyl halides is 3. The molecule has 0 spiro atoms. The van der Waals surface area contributed by atoms with Crippen molar-refractivity contribution in [2.45, 2.75) is 29.7 Å². The van der Waals surface area contributed by atoms with Crippen molar-refractivity contribution in [3.05, 3.63) is 35.4 Å². The van der Waals surface area contributed by atoms with Gasteiger partial charge in [0, 0.05) is 18.4 Å². The van der Waals surface area contributed by atoms with E-state index in [-0.39, 0.29) is 5.91 Å². The lowest BCUT2D eigenvalue weighted by Gasteiger charge is -2.30. The number of halogens is 3. The van der Waals surface area contributed by atoms with Gasteiger partial charge in [-0.15, -0.1) is 0 Å². The Morgan fingerprint density at radius 3 is 2.40 bits per heavy atom. The number of carbonyl (C=O) groups is 1. The summed E-state index contributed by atoms with van der Waals surface area (Å²) < 4.78 is -1.52. The Hall–Kier alpha value is -0.480. The minimum absolute atomic E-state index is 0.196. The van der Waals surface area contributed by atoms with E-state index in [1.807, 2.05) is 25.1 Å². The van der Waals surface area contributed by atoms with Crippen molar-refractivity contribution in [3.8, 4) is 0 Å². The van der Waals surface area contributed by atoms with Crippen molar-refractivity contribution < 1.29 is 9.69 Å². The lowest BCUT2D eigenvalue weighted by molar-refractivity contribution is -0.915. The normalized spacial score (nSPS) is 18.0. The van der Waals surface area contributed by atoms with E-state index in [1.54, 1.807) is 6.07 Å². The molecule has 0 bridgehead atoms. The van der Waals surface area contributed by atoms with E-state index in [2.05, 4.69) is 5.32 Å². The third kappa shape index (κ3) is 3.79. The highest BCUT2D eigenvalue weighted by Gasteiger charge is 2.43. The Bertz CT molecular complexity index is 482. The maximum atomic E-state index is 12.4. The lowest BCUT2D eigenvalue weighted by atomic mass is 10.1. The minimum Gasteiger partial charge on any atom is -0.312 e. The summed E-state index contributed by atoms with van der Waals surface area (Å²) in [5.41, 5.74) is 1.52. The van der Waals surface area contributed by atoms with Crippen molar-refractivity contribution in [1.29, 1.82) is 0 Å². The van der Waals surface area contributed by atoms with Crippen LogP contribution in [0.1, 0.15) is 28.8 Å². The van der Waals surface area contributed by atoms with E-state index >= 15 is 0 Å². The van der Waals surface area contributed by atoms with E-state index in [0.717, 1.165) is 36.4 Å². The van der Waals surface area contributed by atoms with E-state index in [4.69, 9.17) is 34.8 Å². The molecule has 0 aliphatic carbocycles. The molecule has 1 heterocycles. The van der Waals surface area contributed by atoms with E-state index < -0.39 is 9.96 Å². The molecule has 1 aliphatic heterocycles. The van der Waals surface area contributed by atoms with Crippen LogP contribution in [-0.2, 0) is 0 Å². The lowest BCUT2D eigenvalue weighted by Crippen LogP contribution is -3.17. The summed E-state index contributed by atoms with van der Waals surface area (Å²) >= 11 is 18.1. The molecular weight excluding hydrogens is 319 g/mol. The third-order valence-electron chi connectivity index (χ3n) is 3.65. The topological polar surface area (TPSA) is 33.5 Å². The van der Waals surface area contributed by atoms with E-state index in [9.17, 15) is 4.79 Å². The number of nitrogens with one attached hydrogen (secondary N) is 2. The molecule has 1 aromatic carbocycles. The predicted molar refractivity (Wildman–Crippen MR) is 82.7 cm³/mol. The average Bonchev–Trinajstić information content (AvgIpc) is 2.88. The van der Waals surface area contributed by atoms with Crippen molar-refractivity contribution in [3.63, 3.8) is 0 Å². The number of benzene rings is 1.